The Morgan fingerprint density at radius 2 is 1.68 bits per heavy atom. The molecule has 2 unspecified atom stereocenters. The zero-order chi connectivity index (χ0) is 17.7. The first kappa shape index (κ1) is 18.7. The predicted molar refractivity (Wildman–Crippen MR) is 106 cm³/mol. The lowest BCUT2D eigenvalue weighted by Crippen LogP contribution is -2.50. The lowest BCUT2D eigenvalue weighted by atomic mass is 9.66. The van der Waals surface area contributed by atoms with Crippen LogP contribution in [0.15, 0.2) is 35.9 Å². The highest BCUT2D eigenvalue weighted by molar-refractivity contribution is 5.55. The summed E-state index contributed by atoms with van der Waals surface area (Å²) < 4.78 is 0. The van der Waals surface area contributed by atoms with Crippen molar-refractivity contribution in [2.45, 2.75) is 63.4 Å². The van der Waals surface area contributed by atoms with Crippen LogP contribution in [0.5, 0.6) is 0 Å². The largest absolute Gasteiger partial charge is 0.385 e. The van der Waals surface area contributed by atoms with Crippen molar-refractivity contribution in [3.05, 3.63) is 41.5 Å². The van der Waals surface area contributed by atoms with Crippen LogP contribution in [0.4, 0.5) is 0 Å². The Hall–Kier alpha value is -1.12. The normalized spacial score (nSPS) is 30.6. The van der Waals surface area contributed by atoms with E-state index in [4.69, 9.17) is 0 Å². The third-order valence-electron chi connectivity index (χ3n) is 6.34. The van der Waals surface area contributed by atoms with Gasteiger partial charge in [0.15, 0.2) is 0 Å². The van der Waals surface area contributed by atoms with Crippen LogP contribution in [0.2, 0.25) is 0 Å². The third-order valence-corrected chi connectivity index (χ3v) is 6.34. The van der Waals surface area contributed by atoms with Crippen molar-refractivity contribution in [1.29, 1.82) is 0 Å². The van der Waals surface area contributed by atoms with E-state index in [0.29, 0.717) is 11.8 Å². The molecule has 2 saturated carbocycles. The molecule has 0 radical (unpaired) electrons. The maximum absolute atomic E-state index is 12.2. The second kappa shape index (κ2) is 8.51. The molecule has 1 aromatic rings. The van der Waals surface area contributed by atoms with Gasteiger partial charge in [-0.15, -0.1) is 0 Å². The number of hydrogen-bond acceptors (Lipinski definition) is 2. The molecule has 0 heterocycles. The summed E-state index contributed by atoms with van der Waals surface area (Å²) >= 11 is 0. The summed E-state index contributed by atoms with van der Waals surface area (Å²) in [6.45, 7) is 0.985. The fourth-order valence-electron chi connectivity index (χ4n) is 5.14. The van der Waals surface area contributed by atoms with E-state index in [0.717, 1.165) is 19.4 Å². The first-order valence-corrected chi connectivity index (χ1v) is 10.2. The summed E-state index contributed by atoms with van der Waals surface area (Å²) in [5.74, 6) is 0.780. The number of benzene rings is 1. The standard InChI is InChI=1S/C23H35NO/c1-24(2)18-22-16-10-9-15-21(17-19-11-5-3-6-12-19)23(22,25)20-13-7-4-8-14-20/h3,5-6,11-12,17,20,22,25H,4,7-10,13-16,18H2,1-2H3/b21-17-. The first-order chi connectivity index (χ1) is 12.1. The molecule has 0 spiro atoms. The molecule has 2 fully saturated rings. The molecule has 0 bridgehead atoms. The van der Waals surface area contributed by atoms with E-state index in [1.807, 2.05) is 0 Å². The summed E-state index contributed by atoms with van der Waals surface area (Å²) in [6.07, 6.45) is 13.2. The Labute approximate surface area is 153 Å². The molecule has 2 aliphatic rings. The molecule has 25 heavy (non-hydrogen) atoms. The number of hydrogen-bond donors (Lipinski definition) is 1. The highest BCUT2D eigenvalue weighted by Gasteiger charge is 2.47. The molecule has 0 amide bonds. The highest BCUT2D eigenvalue weighted by Crippen LogP contribution is 2.47. The Bertz CT molecular complexity index is 559. The van der Waals surface area contributed by atoms with Crippen molar-refractivity contribution in [1.82, 2.24) is 4.90 Å². The van der Waals surface area contributed by atoms with E-state index >= 15 is 0 Å². The molecule has 0 aliphatic heterocycles. The molecule has 2 atom stereocenters. The molecular formula is C23H35NO. The van der Waals surface area contributed by atoms with E-state index in [9.17, 15) is 5.11 Å². The highest BCUT2D eigenvalue weighted by atomic mass is 16.3. The van der Waals surface area contributed by atoms with E-state index < -0.39 is 5.60 Å². The second-order valence-corrected chi connectivity index (χ2v) is 8.45. The van der Waals surface area contributed by atoms with Crippen molar-refractivity contribution in [2.75, 3.05) is 20.6 Å². The fourth-order valence-corrected chi connectivity index (χ4v) is 5.14. The van der Waals surface area contributed by atoms with E-state index in [-0.39, 0.29) is 0 Å². The number of aliphatic hydroxyl groups is 1. The minimum absolute atomic E-state index is 0.350. The Morgan fingerprint density at radius 1 is 1.00 bits per heavy atom. The summed E-state index contributed by atoms with van der Waals surface area (Å²) in [7, 11) is 4.29. The van der Waals surface area contributed by atoms with Crippen LogP contribution < -0.4 is 0 Å². The minimum atomic E-state index is -0.628. The lowest BCUT2D eigenvalue weighted by molar-refractivity contribution is -0.0568. The molecule has 2 heteroatoms. The van der Waals surface area contributed by atoms with Crippen LogP contribution >= 0.6 is 0 Å². The Kier molecular flexibility index (Phi) is 6.35. The van der Waals surface area contributed by atoms with Crippen molar-refractivity contribution in [3.63, 3.8) is 0 Å². The number of rotatable bonds is 4. The van der Waals surface area contributed by atoms with Gasteiger partial charge < -0.3 is 10.0 Å². The van der Waals surface area contributed by atoms with Gasteiger partial charge in [-0.1, -0.05) is 62.1 Å². The summed E-state index contributed by atoms with van der Waals surface area (Å²) in [6, 6.07) is 10.6. The van der Waals surface area contributed by atoms with Gasteiger partial charge in [0.25, 0.3) is 0 Å². The minimum Gasteiger partial charge on any atom is -0.385 e. The lowest BCUT2D eigenvalue weighted by Gasteiger charge is -2.46. The molecule has 3 rings (SSSR count). The van der Waals surface area contributed by atoms with Crippen molar-refractivity contribution in [2.24, 2.45) is 11.8 Å². The van der Waals surface area contributed by atoms with Crippen LogP contribution in [-0.4, -0.2) is 36.2 Å². The number of nitrogens with zero attached hydrogens (tertiary/aromatic N) is 1. The van der Waals surface area contributed by atoms with Gasteiger partial charge in [-0.2, -0.15) is 0 Å². The van der Waals surface area contributed by atoms with Gasteiger partial charge in [0.1, 0.15) is 0 Å². The molecular weight excluding hydrogens is 306 g/mol. The van der Waals surface area contributed by atoms with Crippen molar-refractivity contribution >= 4 is 6.08 Å². The van der Waals surface area contributed by atoms with Gasteiger partial charge in [0.05, 0.1) is 5.60 Å². The van der Waals surface area contributed by atoms with Gasteiger partial charge in [-0.05, 0) is 63.3 Å². The summed E-state index contributed by atoms with van der Waals surface area (Å²) in [5, 5.41) is 12.2. The molecule has 138 valence electrons. The van der Waals surface area contributed by atoms with E-state index in [1.54, 1.807) is 0 Å². The smallest absolute Gasteiger partial charge is 0.0928 e. The van der Waals surface area contributed by atoms with Crippen molar-refractivity contribution in [3.8, 4) is 0 Å². The Morgan fingerprint density at radius 3 is 2.36 bits per heavy atom. The van der Waals surface area contributed by atoms with Gasteiger partial charge in [-0.25, -0.2) is 0 Å². The van der Waals surface area contributed by atoms with Crippen molar-refractivity contribution < 1.29 is 5.11 Å². The molecule has 2 nitrogen and oxygen atoms in total. The van der Waals surface area contributed by atoms with E-state index in [2.05, 4.69) is 55.4 Å². The van der Waals surface area contributed by atoms with Crippen LogP contribution in [0.3, 0.4) is 0 Å². The van der Waals surface area contributed by atoms with Crippen LogP contribution in [-0.2, 0) is 0 Å². The Balaban J connectivity index is 2.00. The topological polar surface area (TPSA) is 23.5 Å². The average molecular weight is 342 g/mol. The third kappa shape index (κ3) is 4.35. The monoisotopic (exact) mass is 341 g/mol. The van der Waals surface area contributed by atoms with Crippen LogP contribution in [0.1, 0.15) is 63.4 Å². The molecule has 0 aromatic heterocycles. The van der Waals surface area contributed by atoms with Crippen LogP contribution in [0.25, 0.3) is 6.08 Å². The molecule has 1 aromatic carbocycles. The molecule has 0 saturated heterocycles. The fraction of sp³-hybridized carbons (Fsp3) is 0.652. The summed E-state index contributed by atoms with van der Waals surface area (Å²) in [4.78, 5) is 2.27. The molecule has 2 aliphatic carbocycles. The van der Waals surface area contributed by atoms with Gasteiger partial charge in [-0.3, -0.25) is 0 Å². The summed E-state index contributed by atoms with van der Waals surface area (Å²) in [5.41, 5.74) is 1.91. The molecule has 1 N–H and O–H groups in total. The maximum atomic E-state index is 12.2. The average Bonchev–Trinajstić information content (AvgIpc) is 2.77. The quantitative estimate of drug-likeness (QED) is 0.767. The van der Waals surface area contributed by atoms with Gasteiger partial charge >= 0.3 is 0 Å². The second-order valence-electron chi connectivity index (χ2n) is 8.45. The van der Waals surface area contributed by atoms with Crippen LogP contribution in [0, 0.1) is 11.8 Å². The van der Waals surface area contributed by atoms with E-state index in [1.165, 1.54) is 56.1 Å². The van der Waals surface area contributed by atoms with Gasteiger partial charge in [0, 0.05) is 12.5 Å². The zero-order valence-electron chi connectivity index (χ0n) is 16.1. The predicted octanol–water partition coefficient (Wildman–Crippen LogP) is 5.13. The maximum Gasteiger partial charge on any atom is 0.0928 e. The van der Waals surface area contributed by atoms with Gasteiger partial charge in [0.2, 0.25) is 0 Å². The zero-order valence-corrected chi connectivity index (χ0v) is 16.1. The SMILES string of the molecule is CN(C)CC1CCCC/C(=C/c2ccccc2)C1(O)C1CCCCC1. The first-order valence-electron chi connectivity index (χ1n) is 10.2.